The van der Waals surface area contributed by atoms with Gasteiger partial charge in [-0.2, -0.15) is 0 Å². The standard InChI is InChI=1S/C21H15ClN2O5/c22-17-9-2-1-8-16(17)19(25)24-18(12-15-7-4-10-29-15)20(26)23-14-6-3-5-13(11-14)21(27)28/h1-12H,(H,23,26)(H,24,25)(H,27,28)/b18-12+. The van der Waals surface area contributed by atoms with E-state index in [9.17, 15) is 14.4 Å². The number of amides is 2. The van der Waals surface area contributed by atoms with Crippen molar-refractivity contribution in [1.29, 1.82) is 0 Å². The van der Waals surface area contributed by atoms with Crippen LogP contribution in [0.5, 0.6) is 0 Å². The fraction of sp³-hybridized carbons (Fsp3) is 0. The van der Waals surface area contributed by atoms with Gasteiger partial charge in [-0.1, -0.05) is 29.8 Å². The highest BCUT2D eigenvalue weighted by molar-refractivity contribution is 6.34. The van der Waals surface area contributed by atoms with Crippen LogP contribution in [-0.2, 0) is 4.79 Å². The summed E-state index contributed by atoms with van der Waals surface area (Å²) in [7, 11) is 0. The van der Waals surface area contributed by atoms with Crippen molar-refractivity contribution < 1.29 is 23.9 Å². The van der Waals surface area contributed by atoms with Crippen LogP contribution in [0.4, 0.5) is 5.69 Å². The van der Waals surface area contributed by atoms with Gasteiger partial charge in [-0.05, 0) is 42.5 Å². The Labute approximate surface area is 170 Å². The molecule has 0 radical (unpaired) electrons. The Morgan fingerprint density at radius 3 is 2.48 bits per heavy atom. The van der Waals surface area contributed by atoms with Crippen LogP contribution in [0, 0.1) is 0 Å². The Morgan fingerprint density at radius 1 is 1.00 bits per heavy atom. The van der Waals surface area contributed by atoms with Gasteiger partial charge in [0, 0.05) is 11.8 Å². The summed E-state index contributed by atoms with van der Waals surface area (Å²) in [5, 5.41) is 14.4. The van der Waals surface area contributed by atoms with Crippen LogP contribution in [-0.4, -0.2) is 22.9 Å². The zero-order valence-electron chi connectivity index (χ0n) is 14.9. The molecule has 0 aliphatic rings. The van der Waals surface area contributed by atoms with Crippen molar-refractivity contribution in [3.05, 3.63) is 94.5 Å². The molecule has 29 heavy (non-hydrogen) atoms. The number of carboxylic acids is 1. The van der Waals surface area contributed by atoms with E-state index in [2.05, 4.69) is 10.6 Å². The largest absolute Gasteiger partial charge is 0.478 e. The average Bonchev–Trinajstić information content (AvgIpc) is 3.21. The van der Waals surface area contributed by atoms with Gasteiger partial charge < -0.3 is 20.2 Å². The SMILES string of the molecule is O=C(Nc1cccc(C(=O)O)c1)/C(=C\c1ccco1)NC(=O)c1ccccc1Cl. The molecule has 1 aromatic heterocycles. The lowest BCUT2D eigenvalue weighted by atomic mass is 10.2. The van der Waals surface area contributed by atoms with Crippen LogP contribution in [0.3, 0.4) is 0 Å². The van der Waals surface area contributed by atoms with Gasteiger partial charge in [-0.3, -0.25) is 9.59 Å². The number of carbonyl (C=O) groups is 3. The molecule has 0 bridgehead atoms. The summed E-state index contributed by atoms with van der Waals surface area (Å²) < 4.78 is 5.21. The Kier molecular flexibility index (Phi) is 6.11. The molecule has 0 saturated heterocycles. The maximum atomic E-state index is 12.8. The number of carboxylic acid groups (broad SMARTS) is 1. The Bertz CT molecular complexity index is 1090. The van der Waals surface area contributed by atoms with Gasteiger partial charge in [0.2, 0.25) is 0 Å². The highest BCUT2D eigenvalue weighted by Gasteiger charge is 2.17. The first-order chi connectivity index (χ1) is 13.9. The summed E-state index contributed by atoms with van der Waals surface area (Å²) in [4.78, 5) is 36.4. The summed E-state index contributed by atoms with van der Waals surface area (Å²) in [6, 6.07) is 15.4. The molecule has 0 unspecified atom stereocenters. The molecular weight excluding hydrogens is 396 g/mol. The lowest BCUT2D eigenvalue weighted by molar-refractivity contribution is -0.113. The minimum atomic E-state index is -1.13. The van der Waals surface area contributed by atoms with Crippen molar-refractivity contribution >= 4 is 41.1 Å². The van der Waals surface area contributed by atoms with Crippen LogP contribution in [0.2, 0.25) is 5.02 Å². The average molecular weight is 411 g/mol. The van der Waals surface area contributed by atoms with E-state index in [1.54, 1.807) is 30.3 Å². The normalized spacial score (nSPS) is 11.0. The van der Waals surface area contributed by atoms with Gasteiger partial charge in [0.25, 0.3) is 11.8 Å². The van der Waals surface area contributed by atoms with E-state index < -0.39 is 17.8 Å². The molecule has 1 heterocycles. The van der Waals surface area contributed by atoms with Crippen molar-refractivity contribution in [3.8, 4) is 0 Å². The second-order valence-electron chi connectivity index (χ2n) is 5.85. The summed E-state index contributed by atoms with van der Waals surface area (Å²) in [6.45, 7) is 0. The van der Waals surface area contributed by atoms with E-state index >= 15 is 0 Å². The molecule has 0 aliphatic carbocycles. The number of hydrogen-bond acceptors (Lipinski definition) is 4. The molecular formula is C21H15ClN2O5. The Morgan fingerprint density at radius 2 is 1.79 bits per heavy atom. The van der Waals surface area contributed by atoms with E-state index in [0.29, 0.717) is 5.76 Å². The number of halogens is 1. The maximum absolute atomic E-state index is 12.8. The molecule has 0 atom stereocenters. The first-order valence-electron chi connectivity index (χ1n) is 8.40. The van der Waals surface area contributed by atoms with E-state index in [-0.39, 0.29) is 27.5 Å². The monoisotopic (exact) mass is 410 g/mol. The second-order valence-corrected chi connectivity index (χ2v) is 6.25. The van der Waals surface area contributed by atoms with Crippen LogP contribution < -0.4 is 10.6 Å². The number of furan rings is 1. The summed E-state index contributed by atoms with van der Waals surface area (Å²) in [6.07, 6.45) is 2.78. The number of aromatic carboxylic acids is 1. The lowest BCUT2D eigenvalue weighted by Gasteiger charge is -2.12. The first-order valence-corrected chi connectivity index (χ1v) is 8.77. The van der Waals surface area contributed by atoms with Gasteiger partial charge in [0.05, 0.1) is 22.4 Å². The molecule has 0 aliphatic heterocycles. The van der Waals surface area contributed by atoms with Crippen LogP contribution >= 0.6 is 11.6 Å². The summed E-state index contributed by atoms with van der Waals surface area (Å²) in [5.41, 5.74) is 0.359. The number of hydrogen-bond donors (Lipinski definition) is 3. The topological polar surface area (TPSA) is 109 Å². The zero-order valence-corrected chi connectivity index (χ0v) is 15.6. The molecule has 7 nitrogen and oxygen atoms in total. The smallest absolute Gasteiger partial charge is 0.335 e. The van der Waals surface area contributed by atoms with Crippen LogP contribution in [0.15, 0.2) is 77.0 Å². The number of nitrogens with one attached hydrogen (secondary N) is 2. The van der Waals surface area contributed by atoms with Crippen molar-refractivity contribution in [2.75, 3.05) is 5.32 Å². The van der Waals surface area contributed by atoms with Crippen molar-refractivity contribution in [2.24, 2.45) is 0 Å². The third-order valence-corrected chi connectivity index (χ3v) is 4.14. The molecule has 3 rings (SSSR count). The van der Waals surface area contributed by atoms with E-state index in [4.69, 9.17) is 21.1 Å². The van der Waals surface area contributed by atoms with Crippen molar-refractivity contribution in [3.63, 3.8) is 0 Å². The first kappa shape index (κ1) is 19.9. The minimum Gasteiger partial charge on any atom is -0.478 e. The second kappa shape index (κ2) is 8.90. The van der Waals surface area contributed by atoms with Crippen LogP contribution in [0.25, 0.3) is 6.08 Å². The minimum absolute atomic E-state index is 0.0134. The van der Waals surface area contributed by atoms with Crippen molar-refractivity contribution in [1.82, 2.24) is 5.32 Å². The predicted molar refractivity (Wildman–Crippen MR) is 108 cm³/mol. The molecule has 8 heteroatoms. The van der Waals surface area contributed by atoms with Gasteiger partial charge in [-0.25, -0.2) is 4.79 Å². The van der Waals surface area contributed by atoms with E-state index in [1.807, 2.05) is 0 Å². The fourth-order valence-electron chi connectivity index (χ4n) is 2.44. The molecule has 0 spiro atoms. The van der Waals surface area contributed by atoms with E-state index in [1.165, 1.54) is 42.7 Å². The van der Waals surface area contributed by atoms with Crippen molar-refractivity contribution in [2.45, 2.75) is 0 Å². The fourth-order valence-corrected chi connectivity index (χ4v) is 2.66. The Hall–Kier alpha value is -3.84. The van der Waals surface area contributed by atoms with Gasteiger partial charge in [0.1, 0.15) is 11.5 Å². The van der Waals surface area contributed by atoms with Gasteiger partial charge >= 0.3 is 5.97 Å². The zero-order chi connectivity index (χ0) is 20.8. The molecule has 2 amide bonds. The Balaban J connectivity index is 1.87. The lowest BCUT2D eigenvalue weighted by Crippen LogP contribution is -2.31. The third kappa shape index (κ3) is 5.12. The molecule has 3 N–H and O–H groups in total. The summed E-state index contributed by atoms with van der Waals surface area (Å²) >= 11 is 6.05. The van der Waals surface area contributed by atoms with Gasteiger partial charge in [-0.15, -0.1) is 0 Å². The quantitative estimate of drug-likeness (QED) is 0.531. The highest BCUT2D eigenvalue weighted by atomic mass is 35.5. The number of rotatable bonds is 6. The number of benzene rings is 2. The van der Waals surface area contributed by atoms with Crippen LogP contribution in [0.1, 0.15) is 26.5 Å². The summed E-state index contributed by atoms with van der Waals surface area (Å²) in [5.74, 6) is -2.03. The van der Waals surface area contributed by atoms with Gasteiger partial charge in [0.15, 0.2) is 0 Å². The number of anilines is 1. The maximum Gasteiger partial charge on any atom is 0.335 e. The highest BCUT2D eigenvalue weighted by Crippen LogP contribution is 2.17. The molecule has 3 aromatic rings. The molecule has 0 fully saturated rings. The number of carbonyl (C=O) groups excluding carboxylic acids is 2. The molecule has 146 valence electrons. The predicted octanol–water partition coefficient (Wildman–Crippen LogP) is 4.04. The molecule has 0 saturated carbocycles. The molecule has 2 aromatic carbocycles. The third-order valence-electron chi connectivity index (χ3n) is 3.81. The van der Waals surface area contributed by atoms with E-state index in [0.717, 1.165) is 0 Å².